The normalized spacial score (nSPS) is 15.5. The molecule has 0 bridgehead atoms. The zero-order chi connectivity index (χ0) is 17.9. The van der Waals surface area contributed by atoms with E-state index in [4.69, 9.17) is 0 Å². The number of anilines is 1. The van der Waals surface area contributed by atoms with Crippen LogP contribution < -0.4 is 4.90 Å². The molecule has 0 fully saturated rings. The summed E-state index contributed by atoms with van der Waals surface area (Å²) >= 11 is 3.31. The molecule has 0 saturated carbocycles. The highest BCUT2D eigenvalue weighted by Gasteiger charge is 2.23. The van der Waals surface area contributed by atoms with Crippen molar-refractivity contribution in [2.24, 2.45) is 0 Å². The van der Waals surface area contributed by atoms with Crippen LogP contribution in [0.15, 0.2) is 70.6 Å². The summed E-state index contributed by atoms with van der Waals surface area (Å²) < 4.78 is 1.10. The first-order chi connectivity index (χ1) is 12.8. The maximum Gasteiger partial charge on any atom is 0.135 e. The number of benzene rings is 2. The topological polar surface area (TPSA) is 39.9 Å². The van der Waals surface area contributed by atoms with Crippen LogP contribution in [0.2, 0.25) is 0 Å². The van der Waals surface area contributed by atoms with Gasteiger partial charge in [-0.3, -0.25) is 0 Å². The molecule has 0 unspecified atom stereocenters. The summed E-state index contributed by atoms with van der Waals surface area (Å²) in [5, 5.41) is 11.5. The molecule has 2 heterocycles. The third kappa shape index (κ3) is 3.14. The summed E-state index contributed by atoms with van der Waals surface area (Å²) in [4.78, 5) is 8.19. The van der Waals surface area contributed by atoms with Crippen molar-refractivity contribution >= 4 is 44.6 Å². The standard InChI is InChI=1S/C21H17N3S2/c1-2-13-24-17-8-4-6-10-19(17)25-20(24)12-11-15(14-22)21-23-16-7-3-5-9-18(16)26-21/h3-12H,2,13H2,1H3/b15-11-,20-12+. The Balaban J connectivity index is 1.69. The highest BCUT2D eigenvalue weighted by atomic mass is 32.2. The van der Waals surface area contributed by atoms with Crippen LogP contribution in [-0.4, -0.2) is 11.5 Å². The molecule has 26 heavy (non-hydrogen) atoms. The molecule has 0 N–H and O–H groups in total. The van der Waals surface area contributed by atoms with Crippen molar-refractivity contribution in [1.82, 2.24) is 4.98 Å². The lowest BCUT2D eigenvalue weighted by Gasteiger charge is -2.19. The predicted octanol–water partition coefficient (Wildman–Crippen LogP) is 6.07. The summed E-state index contributed by atoms with van der Waals surface area (Å²) in [6.07, 6.45) is 5.01. The number of hydrogen-bond acceptors (Lipinski definition) is 5. The average molecular weight is 376 g/mol. The van der Waals surface area contributed by atoms with Gasteiger partial charge in [-0.25, -0.2) is 4.98 Å². The Hall–Kier alpha value is -2.55. The molecule has 1 aromatic heterocycles. The van der Waals surface area contributed by atoms with Crippen LogP contribution in [-0.2, 0) is 0 Å². The summed E-state index contributed by atoms with van der Waals surface area (Å²) in [7, 11) is 0. The Bertz CT molecular complexity index is 1020. The van der Waals surface area contributed by atoms with Gasteiger partial charge >= 0.3 is 0 Å². The van der Waals surface area contributed by atoms with Gasteiger partial charge in [0.05, 0.1) is 26.5 Å². The number of allylic oxidation sites excluding steroid dienone is 3. The van der Waals surface area contributed by atoms with E-state index in [9.17, 15) is 5.26 Å². The second kappa shape index (κ2) is 7.36. The molecule has 1 aliphatic rings. The van der Waals surface area contributed by atoms with Crippen molar-refractivity contribution in [3.63, 3.8) is 0 Å². The zero-order valence-corrected chi connectivity index (χ0v) is 16.0. The van der Waals surface area contributed by atoms with Gasteiger partial charge in [0.1, 0.15) is 11.1 Å². The predicted molar refractivity (Wildman–Crippen MR) is 111 cm³/mol. The Morgan fingerprint density at radius 1 is 1.19 bits per heavy atom. The van der Waals surface area contributed by atoms with E-state index in [2.05, 4.69) is 47.1 Å². The lowest BCUT2D eigenvalue weighted by molar-refractivity contribution is 0.873. The highest BCUT2D eigenvalue weighted by molar-refractivity contribution is 8.03. The lowest BCUT2D eigenvalue weighted by Crippen LogP contribution is -2.18. The number of nitrogens with zero attached hydrogens (tertiary/aromatic N) is 3. The minimum Gasteiger partial charge on any atom is -0.335 e. The minimum absolute atomic E-state index is 0.603. The molecule has 0 spiro atoms. The molecule has 5 heteroatoms. The molecule has 0 atom stereocenters. The van der Waals surface area contributed by atoms with E-state index in [0.717, 1.165) is 33.2 Å². The number of rotatable bonds is 4. The van der Waals surface area contributed by atoms with E-state index in [1.165, 1.54) is 10.6 Å². The van der Waals surface area contributed by atoms with Gasteiger partial charge in [0, 0.05) is 11.4 Å². The second-order valence-corrected chi connectivity index (χ2v) is 8.00. The molecular weight excluding hydrogens is 358 g/mol. The zero-order valence-electron chi connectivity index (χ0n) is 14.3. The fraction of sp³-hybridized carbons (Fsp3) is 0.143. The van der Waals surface area contributed by atoms with Crippen molar-refractivity contribution in [2.45, 2.75) is 18.2 Å². The van der Waals surface area contributed by atoms with Crippen molar-refractivity contribution in [1.29, 1.82) is 5.26 Å². The van der Waals surface area contributed by atoms with Crippen molar-refractivity contribution in [3.05, 3.63) is 70.7 Å². The van der Waals surface area contributed by atoms with Crippen LogP contribution in [0.5, 0.6) is 0 Å². The van der Waals surface area contributed by atoms with Gasteiger partial charge < -0.3 is 4.90 Å². The molecule has 0 saturated heterocycles. The summed E-state index contributed by atoms with van der Waals surface area (Å²) in [6, 6.07) is 18.7. The smallest absolute Gasteiger partial charge is 0.135 e. The largest absolute Gasteiger partial charge is 0.335 e. The van der Waals surface area contributed by atoms with Gasteiger partial charge in [0.2, 0.25) is 0 Å². The van der Waals surface area contributed by atoms with Gasteiger partial charge in [-0.2, -0.15) is 5.26 Å². The van der Waals surface area contributed by atoms with E-state index >= 15 is 0 Å². The first kappa shape index (κ1) is 16.9. The minimum atomic E-state index is 0.603. The lowest BCUT2D eigenvalue weighted by atomic mass is 10.2. The van der Waals surface area contributed by atoms with Gasteiger partial charge in [-0.1, -0.05) is 43.0 Å². The number of thioether (sulfide) groups is 1. The Morgan fingerprint density at radius 3 is 2.81 bits per heavy atom. The van der Waals surface area contributed by atoms with Crippen LogP contribution in [0, 0.1) is 11.3 Å². The van der Waals surface area contributed by atoms with E-state index in [1.807, 2.05) is 36.4 Å². The molecule has 0 aliphatic carbocycles. The average Bonchev–Trinajstić information content (AvgIpc) is 3.24. The summed E-state index contributed by atoms with van der Waals surface area (Å²) in [5.41, 5.74) is 2.79. The number of aromatic nitrogens is 1. The second-order valence-electron chi connectivity index (χ2n) is 5.91. The van der Waals surface area contributed by atoms with Crippen molar-refractivity contribution in [2.75, 3.05) is 11.4 Å². The van der Waals surface area contributed by atoms with Crippen LogP contribution in [0.1, 0.15) is 18.4 Å². The number of hydrogen-bond donors (Lipinski definition) is 0. The Labute approximate surface area is 161 Å². The molecule has 3 nitrogen and oxygen atoms in total. The number of fused-ring (bicyclic) bond motifs is 2. The number of para-hydroxylation sites is 2. The molecule has 4 rings (SSSR count). The van der Waals surface area contributed by atoms with Crippen LogP contribution in [0.3, 0.4) is 0 Å². The molecular formula is C21H17N3S2. The van der Waals surface area contributed by atoms with Crippen molar-refractivity contribution < 1.29 is 0 Å². The van der Waals surface area contributed by atoms with E-state index in [0.29, 0.717) is 5.57 Å². The fourth-order valence-electron chi connectivity index (χ4n) is 2.93. The summed E-state index contributed by atoms with van der Waals surface area (Å²) in [6.45, 7) is 3.15. The molecule has 128 valence electrons. The van der Waals surface area contributed by atoms with Gasteiger partial charge in [0.25, 0.3) is 0 Å². The van der Waals surface area contributed by atoms with Crippen molar-refractivity contribution in [3.8, 4) is 6.07 Å². The van der Waals surface area contributed by atoms with Gasteiger partial charge in [0.15, 0.2) is 0 Å². The number of nitriles is 1. The van der Waals surface area contributed by atoms with Crippen LogP contribution >= 0.6 is 23.1 Å². The molecule has 3 aromatic rings. The SMILES string of the molecule is CCCN1/C(=C\C=C(\C#N)c2nc3ccccc3s2)Sc2ccccc21. The maximum absolute atomic E-state index is 9.62. The monoisotopic (exact) mass is 375 g/mol. The Morgan fingerprint density at radius 2 is 2.00 bits per heavy atom. The third-order valence-electron chi connectivity index (χ3n) is 4.12. The quantitative estimate of drug-likeness (QED) is 0.519. The first-order valence-electron chi connectivity index (χ1n) is 8.52. The molecule has 1 aliphatic heterocycles. The van der Waals surface area contributed by atoms with E-state index in [-0.39, 0.29) is 0 Å². The molecule has 0 radical (unpaired) electrons. The molecule has 0 amide bonds. The first-order valence-corrected chi connectivity index (χ1v) is 10.2. The highest BCUT2D eigenvalue weighted by Crippen LogP contribution is 2.45. The maximum atomic E-state index is 9.62. The van der Waals surface area contributed by atoms with E-state index < -0.39 is 0 Å². The van der Waals surface area contributed by atoms with Crippen LogP contribution in [0.4, 0.5) is 5.69 Å². The van der Waals surface area contributed by atoms with Gasteiger partial charge in [-0.05, 0) is 42.8 Å². The van der Waals surface area contributed by atoms with Gasteiger partial charge in [-0.15, -0.1) is 11.3 Å². The van der Waals surface area contributed by atoms with E-state index in [1.54, 1.807) is 23.1 Å². The summed E-state index contributed by atoms with van der Waals surface area (Å²) in [5.74, 6) is 0. The van der Waals surface area contributed by atoms with Crippen LogP contribution in [0.25, 0.3) is 15.8 Å². The fourth-order valence-corrected chi connectivity index (χ4v) is 4.96. The Kier molecular flexibility index (Phi) is 4.79. The molecule has 2 aromatic carbocycles. The number of thiazole rings is 1. The third-order valence-corrected chi connectivity index (χ3v) is 6.32.